The van der Waals surface area contributed by atoms with E-state index in [-0.39, 0.29) is 5.60 Å². The van der Waals surface area contributed by atoms with Gasteiger partial charge in [0.05, 0.1) is 19.3 Å². The van der Waals surface area contributed by atoms with Gasteiger partial charge < -0.3 is 14.8 Å². The molecule has 0 unspecified atom stereocenters. The van der Waals surface area contributed by atoms with Crippen LogP contribution < -0.4 is 10.1 Å². The lowest BCUT2D eigenvalue weighted by Gasteiger charge is -2.39. The highest BCUT2D eigenvalue weighted by Gasteiger charge is 2.35. The summed E-state index contributed by atoms with van der Waals surface area (Å²) < 4.78 is 11.7. The molecule has 2 aromatic carbocycles. The highest BCUT2D eigenvalue weighted by molar-refractivity contribution is 5.36. The zero-order valence-electron chi connectivity index (χ0n) is 17.9. The Bertz CT molecular complexity index is 728. The Balaban J connectivity index is 1.73. The van der Waals surface area contributed by atoms with E-state index in [1.165, 1.54) is 11.1 Å². The van der Waals surface area contributed by atoms with Crippen molar-refractivity contribution in [2.45, 2.75) is 57.6 Å². The van der Waals surface area contributed by atoms with E-state index in [9.17, 15) is 0 Å². The summed E-state index contributed by atoms with van der Waals surface area (Å²) in [5, 5.41) is 2.47. The summed E-state index contributed by atoms with van der Waals surface area (Å²) in [6.45, 7) is 8.71. The molecule has 3 rings (SSSR count). The molecule has 0 radical (unpaired) electrons. The molecule has 3 nitrogen and oxygen atoms in total. The molecule has 3 heteroatoms. The number of quaternary nitrogens is 1. The molecule has 3 atom stereocenters. The van der Waals surface area contributed by atoms with Crippen LogP contribution in [0.2, 0.25) is 0 Å². The third kappa shape index (κ3) is 5.36. The molecule has 0 aliphatic carbocycles. The van der Waals surface area contributed by atoms with Crippen LogP contribution in [-0.2, 0) is 4.74 Å². The fourth-order valence-electron chi connectivity index (χ4n) is 4.66. The Morgan fingerprint density at radius 3 is 2.54 bits per heavy atom. The molecule has 0 saturated carbocycles. The molecule has 152 valence electrons. The quantitative estimate of drug-likeness (QED) is 0.718. The molecule has 28 heavy (non-hydrogen) atoms. The van der Waals surface area contributed by atoms with Gasteiger partial charge in [-0.1, -0.05) is 48.5 Å². The lowest BCUT2D eigenvalue weighted by Crippen LogP contribution is -2.84. The van der Waals surface area contributed by atoms with Crippen LogP contribution in [-0.4, -0.2) is 25.9 Å². The molecule has 1 saturated heterocycles. The van der Waals surface area contributed by atoms with Gasteiger partial charge in [-0.3, -0.25) is 0 Å². The Hall–Kier alpha value is -1.84. The van der Waals surface area contributed by atoms with Crippen molar-refractivity contribution in [1.82, 2.24) is 0 Å². The highest BCUT2D eigenvalue weighted by Crippen LogP contribution is 2.42. The van der Waals surface area contributed by atoms with E-state index in [0.717, 1.165) is 38.2 Å². The van der Waals surface area contributed by atoms with Crippen molar-refractivity contribution in [1.29, 1.82) is 0 Å². The number of ether oxygens (including phenoxy) is 2. The van der Waals surface area contributed by atoms with Gasteiger partial charge in [0.2, 0.25) is 0 Å². The minimum Gasteiger partial charge on any atom is -0.496 e. The van der Waals surface area contributed by atoms with Crippen LogP contribution in [0, 0.1) is 5.92 Å². The molecule has 0 aromatic heterocycles. The van der Waals surface area contributed by atoms with Gasteiger partial charge in [0.25, 0.3) is 0 Å². The third-order valence-electron chi connectivity index (χ3n) is 6.17. The second-order valence-electron chi connectivity index (χ2n) is 8.72. The van der Waals surface area contributed by atoms with Gasteiger partial charge in [-0.2, -0.15) is 0 Å². The van der Waals surface area contributed by atoms with Crippen LogP contribution in [0.4, 0.5) is 0 Å². The predicted octanol–water partition coefficient (Wildman–Crippen LogP) is 4.70. The lowest BCUT2D eigenvalue weighted by atomic mass is 9.75. The zero-order chi connectivity index (χ0) is 20.0. The maximum absolute atomic E-state index is 6.00. The predicted molar refractivity (Wildman–Crippen MR) is 115 cm³/mol. The summed E-state index contributed by atoms with van der Waals surface area (Å²) >= 11 is 0. The lowest BCUT2D eigenvalue weighted by molar-refractivity contribution is -0.693. The molecule has 2 N–H and O–H groups in total. The summed E-state index contributed by atoms with van der Waals surface area (Å²) in [5.74, 6) is 2.15. The van der Waals surface area contributed by atoms with Crippen molar-refractivity contribution < 1.29 is 14.8 Å². The number of rotatable bonds is 8. The average Bonchev–Trinajstić information content (AvgIpc) is 2.71. The van der Waals surface area contributed by atoms with Crippen molar-refractivity contribution in [2.24, 2.45) is 5.92 Å². The third-order valence-corrected chi connectivity index (χ3v) is 6.17. The number of benzene rings is 2. The average molecular weight is 383 g/mol. The second-order valence-corrected chi connectivity index (χ2v) is 8.72. The zero-order valence-corrected chi connectivity index (χ0v) is 17.9. The van der Waals surface area contributed by atoms with Crippen LogP contribution in [0.5, 0.6) is 5.75 Å². The molecule has 1 fully saturated rings. The smallest absolute Gasteiger partial charge is 0.122 e. The summed E-state index contributed by atoms with van der Waals surface area (Å²) in [6.07, 6.45) is 3.38. The van der Waals surface area contributed by atoms with Gasteiger partial charge >= 0.3 is 0 Å². The van der Waals surface area contributed by atoms with Gasteiger partial charge in [-0.15, -0.1) is 0 Å². The first-order valence-corrected chi connectivity index (χ1v) is 10.7. The Morgan fingerprint density at radius 2 is 1.82 bits per heavy atom. The van der Waals surface area contributed by atoms with Crippen molar-refractivity contribution in [2.75, 3.05) is 20.3 Å². The van der Waals surface area contributed by atoms with E-state index in [4.69, 9.17) is 9.47 Å². The van der Waals surface area contributed by atoms with E-state index in [0.29, 0.717) is 17.9 Å². The standard InChI is InChI=1S/C25H35NO2/c1-19(20-10-6-5-7-11-20)26-16-14-22(21-15-17-28-25(2,3)18-21)23-12-8-9-13-24(23)27-4/h5-13,19,21-22,26H,14-18H2,1-4H3/p+1/t19-,21+,22+/m1/s1. The molecule has 0 spiro atoms. The van der Waals surface area contributed by atoms with Crippen LogP contribution in [0.3, 0.4) is 0 Å². The minimum absolute atomic E-state index is 0.0375. The molecular weight excluding hydrogens is 346 g/mol. The van der Waals surface area contributed by atoms with Crippen molar-refractivity contribution in [3.05, 3.63) is 65.7 Å². The van der Waals surface area contributed by atoms with Gasteiger partial charge in [0.15, 0.2) is 0 Å². The molecule has 1 aliphatic heterocycles. The number of hydrogen-bond acceptors (Lipinski definition) is 2. The Kier molecular flexibility index (Phi) is 7.14. The fraction of sp³-hybridized carbons (Fsp3) is 0.520. The minimum atomic E-state index is -0.0375. The first-order valence-electron chi connectivity index (χ1n) is 10.7. The molecule has 2 aromatic rings. The topological polar surface area (TPSA) is 35.1 Å². The van der Waals surface area contributed by atoms with Crippen LogP contribution in [0.15, 0.2) is 54.6 Å². The molecular formula is C25H36NO2+. The van der Waals surface area contributed by atoms with E-state index >= 15 is 0 Å². The maximum atomic E-state index is 6.00. The highest BCUT2D eigenvalue weighted by atomic mass is 16.5. The van der Waals surface area contributed by atoms with Crippen LogP contribution in [0.1, 0.15) is 63.1 Å². The van der Waals surface area contributed by atoms with Gasteiger partial charge in [-0.25, -0.2) is 0 Å². The summed E-state index contributed by atoms with van der Waals surface area (Å²) in [4.78, 5) is 0. The van der Waals surface area contributed by atoms with Gasteiger partial charge in [-0.05, 0) is 57.1 Å². The van der Waals surface area contributed by atoms with E-state index in [2.05, 4.69) is 80.7 Å². The van der Waals surface area contributed by atoms with Gasteiger partial charge in [0, 0.05) is 18.6 Å². The molecule has 0 amide bonds. The normalized spacial score (nSPS) is 21.1. The number of hydrogen-bond donors (Lipinski definition) is 1. The monoisotopic (exact) mass is 382 g/mol. The van der Waals surface area contributed by atoms with Crippen LogP contribution >= 0.6 is 0 Å². The molecule has 1 heterocycles. The first kappa shape index (κ1) is 20.9. The number of para-hydroxylation sites is 1. The van der Waals surface area contributed by atoms with E-state index < -0.39 is 0 Å². The number of nitrogens with two attached hydrogens (primary N) is 1. The number of methoxy groups -OCH3 is 1. The Labute approximate surface area is 170 Å². The SMILES string of the molecule is COc1ccccc1[C@@H](CC[NH2+][C@H](C)c1ccccc1)[C@H]1CCOC(C)(C)C1. The van der Waals surface area contributed by atoms with Crippen molar-refractivity contribution >= 4 is 0 Å². The van der Waals surface area contributed by atoms with Gasteiger partial charge in [0.1, 0.15) is 11.8 Å². The fourth-order valence-corrected chi connectivity index (χ4v) is 4.66. The van der Waals surface area contributed by atoms with Crippen molar-refractivity contribution in [3.63, 3.8) is 0 Å². The first-order chi connectivity index (χ1) is 13.5. The summed E-state index contributed by atoms with van der Waals surface area (Å²) in [5.41, 5.74) is 2.71. The Morgan fingerprint density at radius 1 is 1.11 bits per heavy atom. The summed E-state index contributed by atoms with van der Waals surface area (Å²) in [6, 6.07) is 19.8. The summed E-state index contributed by atoms with van der Waals surface area (Å²) in [7, 11) is 1.79. The maximum Gasteiger partial charge on any atom is 0.122 e. The van der Waals surface area contributed by atoms with Crippen LogP contribution in [0.25, 0.3) is 0 Å². The van der Waals surface area contributed by atoms with Crippen molar-refractivity contribution in [3.8, 4) is 5.75 Å². The van der Waals surface area contributed by atoms with E-state index in [1.54, 1.807) is 7.11 Å². The molecule has 0 bridgehead atoms. The van der Waals surface area contributed by atoms with E-state index in [1.807, 2.05) is 0 Å². The molecule has 1 aliphatic rings. The second kappa shape index (κ2) is 9.58. The largest absolute Gasteiger partial charge is 0.496 e.